The lowest BCUT2D eigenvalue weighted by Crippen LogP contribution is -2.22. The maximum atomic E-state index is 11.0. The highest BCUT2D eigenvalue weighted by atomic mass is 16.2. The quantitative estimate of drug-likeness (QED) is 0.669. The number of carbonyl (C=O) groups is 2. The van der Waals surface area contributed by atoms with Gasteiger partial charge in [0.1, 0.15) is 0 Å². The molecule has 0 saturated heterocycles. The van der Waals surface area contributed by atoms with Gasteiger partial charge in [-0.25, -0.2) is 0 Å². The molecule has 15 heavy (non-hydrogen) atoms. The topological polar surface area (TPSA) is 46.2 Å². The summed E-state index contributed by atoms with van der Waals surface area (Å²) < 4.78 is 0. The minimum absolute atomic E-state index is 0.214. The van der Waals surface area contributed by atoms with Crippen molar-refractivity contribution in [3.63, 3.8) is 0 Å². The van der Waals surface area contributed by atoms with Crippen molar-refractivity contribution in [3.8, 4) is 0 Å². The predicted octanol–water partition coefficient (Wildman–Crippen LogP) is 2.10. The minimum Gasteiger partial charge on any atom is -0.288 e. The van der Waals surface area contributed by atoms with Crippen LogP contribution in [-0.4, -0.2) is 11.8 Å². The molecule has 2 amide bonds. The minimum atomic E-state index is -0.249. The van der Waals surface area contributed by atoms with Gasteiger partial charge in [0.25, 0.3) is 11.8 Å². The third kappa shape index (κ3) is 2.78. The van der Waals surface area contributed by atoms with Gasteiger partial charge in [0.2, 0.25) is 0 Å². The molecule has 1 aliphatic heterocycles. The molecular formula is C12H17NO2. The van der Waals surface area contributed by atoms with Crippen LogP contribution in [0.25, 0.3) is 0 Å². The van der Waals surface area contributed by atoms with Gasteiger partial charge >= 0.3 is 0 Å². The van der Waals surface area contributed by atoms with E-state index in [1.807, 2.05) is 6.08 Å². The molecule has 0 spiro atoms. The standard InChI is InChI=1S/C8H7NO2.C4H10/c10-7-5-3-1-2-4-6(5)8(11)9-7;1-3-4-2/h1,3H,2,4H2,(H,9,10,11);3-4H2,1-2H3. The third-order valence-electron chi connectivity index (χ3n) is 2.42. The van der Waals surface area contributed by atoms with Crippen molar-refractivity contribution in [1.82, 2.24) is 5.32 Å². The smallest absolute Gasteiger partial charge is 0.258 e. The highest BCUT2D eigenvalue weighted by molar-refractivity contribution is 6.20. The fourth-order valence-electron chi connectivity index (χ4n) is 1.36. The third-order valence-corrected chi connectivity index (χ3v) is 2.42. The van der Waals surface area contributed by atoms with Crippen LogP contribution in [0, 0.1) is 0 Å². The summed E-state index contributed by atoms with van der Waals surface area (Å²) in [5.74, 6) is -0.463. The maximum absolute atomic E-state index is 11.0. The van der Waals surface area contributed by atoms with Crippen LogP contribution in [0.15, 0.2) is 23.3 Å². The molecule has 0 radical (unpaired) electrons. The van der Waals surface area contributed by atoms with Crippen LogP contribution in [0.1, 0.15) is 39.5 Å². The van der Waals surface area contributed by atoms with Crippen molar-refractivity contribution < 1.29 is 9.59 Å². The van der Waals surface area contributed by atoms with Gasteiger partial charge in [0, 0.05) is 11.1 Å². The van der Waals surface area contributed by atoms with E-state index < -0.39 is 0 Å². The lowest BCUT2D eigenvalue weighted by atomic mass is 10.00. The van der Waals surface area contributed by atoms with Gasteiger partial charge in [-0.15, -0.1) is 0 Å². The van der Waals surface area contributed by atoms with E-state index in [0.717, 1.165) is 6.42 Å². The molecule has 82 valence electrons. The van der Waals surface area contributed by atoms with E-state index in [1.165, 1.54) is 12.8 Å². The zero-order chi connectivity index (χ0) is 11.3. The van der Waals surface area contributed by atoms with Crippen LogP contribution in [0.3, 0.4) is 0 Å². The number of unbranched alkanes of at least 4 members (excludes halogenated alkanes) is 1. The predicted molar refractivity (Wildman–Crippen MR) is 59.1 cm³/mol. The highest BCUT2D eigenvalue weighted by Crippen LogP contribution is 2.22. The maximum Gasteiger partial charge on any atom is 0.258 e. The first-order valence-electron chi connectivity index (χ1n) is 5.46. The van der Waals surface area contributed by atoms with Gasteiger partial charge in [-0.05, 0) is 12.8 Å². The Kier molecular flexibility index (Phi) is 4.28. The fraction of sp³-hybridized carbons (Fsp3) is 0.500. The van der Waals surface area contributed by atoms with Crippen LogP contribution in [0.2, 0.25) is 0 Å². The number of rotatable bonds is 1. The Balaban J connectivity index is 0.000000245. The van der Waals surface area contributed by atoms with Gasteiger partial charge in [-0.2, -0.15) is 0 Å². The molecule has 2 aliphatic rings. The first-order valence-corrected chi connectivity index (χ1v) is 5.46. The second kappa shape index (κ2) is 5.49. The van der Waals surface area contributed by atoms with Crippen molar-refractivity contribution in [3.05, 3.63) is 23.3 Å². The lowest BCUT2D eigenvalue weighted by Gasteiger charge is -2.01. The first-order chi connectivity index (χ1) is 7.20. The number of carbonyl (C=O) groups excluding carboxylic acids is 2. The molecule has 0 fully saturated rings. The Hall–Kier alpha value is -1.38. The first kappa shape index (κ1) is 11.7. The van der Waals surface area contributed by atoms with Crippen molar-refractivity contribution in [2.45, 2.75) is 39.5 Å². The van der Waals surface area contributed by atoms with Gasteiger partial charge < -0.3 is 0 Å². The molecule has 0 bridgehead atoms. The SMILES string of the molecule is CCCC.O=C1NC(=O)C2=C1C=CCC2. The summed E-state index contributed by atoms with van der Waals surface area (Å²) in [6.07, 6.45) is 7.83. The molecule has 1 aliphatic carbocycles. The summed E-state index contributed by atoms with van der Waals surface area (Å²) >= 11 is 0. The Labute approximate surface area is 90.2 Å². The van der Waals surface area contributed by atoms with Crippen molar-refractivity contribution in [1.29, 1.82) is 0 Å². The van der Waals surface area contributed by atoms with Crippen molar-refractivity contribution >= 4 is 11.8 Å². The summed E-state index contributed by atoms with van der Waals surface area (Å²) in [7, 11) is 0. The van der Waals surface area contributed by atoms with E-state index in [9.17, 15) is 9.59 Å². The molecule has 1 heterocycles. The molecule has 3 nitrogen and oxygen atoms in total. The normalized spacial score (nSPS) is 18.3. The van der Waals surface area contributed by atoms with E-state index in [4.69, 9.17) is 0 Å². The van der Waals surface area contributed by atoms with Crippen LogP contribution < -0.4 is 5.32 Å². The molecule has 0 atom stereocenters. The average molecular weight is 207 g/mol. The van der Waals surface area contributed by atoms with E-state index >= 15 is 0 Å². The molecular weight excluding hydrogens is 190 g/mol. The Bertz CT molecular complexity index is 325. The molecule has 1 N–H and O–H groups in total. The summed E-state index contributed by atoms with van der Waals surface area (Å²) in [6.45, 7) is 4.36. The lowest BCUT2D eigenvalue weighted by molar-refractivity contribution is -0.124. The molecule has 2 rings (SSSR count). The molecule has 0 unspecified atom stereocenters. The summed E-state index contributed by atoms with van der Waals surface area (Å²) in [6, 6.07) is 0. The molecule has 0 aromatic rings. The Morgan fingerprint density at radius 1 is 1.20 bits per heavy atom. The van der Waals surface area contributed by atoms with Crippen molar-refractivity contribution in [2.75, 3.05) is 0 Å². The second-order valence-electron chi connectivity index (χ2n) is 3.62. The van der Waals surface area contributed by atoms with Crippen LogP contribution >= 0.6 is 0 Å². The van der Waals surface area contributed by atoms with E-state index in [-0.39, 0.29) is 11.8 Å². The zero-order valence-electron chi connectivity index (χ0n) is 9.30. The molecule has 0 aromatic heterocycles. The monoisotopic (exact) mass is 207 g/mol. The van der Waals surface area contributed by atoms with Crippen LogP contribution in [0.5, 0.6) is 0 Å². The second-order valence-corrected chi connectivity index (χ2v) is 3.62. The number of nitrogens with one attached hydrogen (secondary N) is 1. The molecule has 3 heteroatoms. The van der Waals surface area contributed by atoms with E-state index in [0.29, 0.717) is 17.6 Å². The van der Waals surface area contributed by atoms with E-state index in [1.54, 1.807) is 6.08 Å². The molecule has 0 aromatic carbocycles. The van der Waals surface area contributed by atoms with Crippen LogP contribution in [-0.2, 0) is 9.59 Å². The van der Waals surface area contributed by atoms with E-state index in [2.05, 4.69) is 19.2 Å². The van der Waals surface area contributed by atoms with Gasteiger partial charge in [0.05, 0.1) is 0 Å². The number of hydrogen-bond acceptors (Lipinski definition) is 2. The van der Waals surface area contributed by atoms with Crippen LogP contribution in [0.4, 0.5) is 0 Å². The summed E-state index contributed by atoms with van der Waals surface area (Å²) in [5, 5.41) is 2.26. The average Bonchev–Trinajstić information content (AvgIpc) is 2.56. The Morgan fingerprint density at radius 2 is 1.87 bits per heavy atom. The van der Waals surface area contributed by atoms with Gasteiger partial charge in [-0.1, -0.05) is 38.8 Å². The fourth-order valence-corrected chi connectivity index (χ4v) is 1.36. The number of imide groups is 1. The van der Waals surface area contributed by atoms with Gasteiger partial charge in [-0.3, -0.25) is 14.9 Å². The number of allylic oxidation sites excluding steroid dienone is 1. The number of amides is 2. The molecule has 0 saturated carbocycles. The van der Waals surface area contributed by atoms with Crippen molar-refractivity contribution in [2.24, 2.45) is 0 Å². The number of hydrogen-bond donors (Lipinski definition) is 1. The Morgan fingerprint density at radius 3 is 2.40 bits per heavy atom. The summed E-state index contributed by atoms with van der Waals surface area (Å²) in [4.78, 5) is 22.0. The summed E-state index contributed by atoms with van der Waals surface area (Å²) in [5.41, 5.74) is 1.21. The highest BCUT2D eigenvalue weighted by Gasteiger charge is 2.28. The van der Waals surface area contributed by atoms with Gasteiger partial charge in [0.15, 0.2) is 0 Å². The zero-order valence-corrected chi connectivity index (χ0v) is 9.30. The largest absolute Gasteiger partial charge is 0.288 e.